The Labute approximate surface area is 188 Å². The second kappa shape index (κ2) is 7.72. The first-order valence-electron chi connectivity index (χ1n) is 10.8. The predicted octanol–water partition coefficient (Wildman–Crippen LogP) is 2.89. The van der Waals surface area contributed by atoms with E-state index in [9.17, 15) is 14.7 Å². The second-order valence-electron chi connectivity index (χ2n) is 8.73. The number of halogens is 1. The van der Waals surface area contributed by atoms with Gasteiger partial charge in [0, 0.05) is 36.7 Å². The third-order valence-electron chi connectivity index (χ3n) is 6.19. The Kier molecular flexibility index (Phi) is 4.95. The van der Waals surface area contributed by atoms with Gasteiger partial charge in [0.1, 0.15) is 17.9 Å². The molecule has 33 heavy (non-hydrogen) atoms. The van der Waals surface area contributed by atoms with Crippen molar-refractivity contribution >= 4 is 28.5 Å². The molecule has 0 amide bonds. The van der Waals surface area contributed by atoms with E-state index in [1.807, 2.05) is 31.7 Å². The van der Waals surface area contributed by atoms with Crippen LogP contribution in [0, 0.1) is 19.7 Å². The van der Waals surface area contributed by atoms with E-state index in [-0.39, 0.29) is 41.1 Å². The summed E-state index contributed by atoms with van der Waals surface area (Å²) in [4.78, 5) is 35.1. The summed E-state index contributed by atoms with van der Waals surface area (Å²) < 4.78 is 23.0. The number of rotatable bonds is 4. The number of aromatic carboxylic acids is 1. The van der Waals surface area contributed by atoms with Gasteiger partial charge in [0.25, 0.3) is 0 Å². The Bertz CT molecular complexity index is 1330. The van der Waals surface area contributed by atoms with Crippen LogP contribution in [0.1, 0.15) is 41.1 Å². The Morgan fingerprint density at radius 2 is 2.00 bits per heavy atom. The molecule has 2 atom stereocenters. The fraction of sp³-hybridized carbons (Fsp3) is 0.391. The number of anilines is 2. The minimum Gasteiger partial charge on any atom is -0.487 e. The van der Waals surface area contributed by atoms with Crippen LogP contribution in [0.4, 0.5) is 16.0 Å². The summed E-state index contributed by atoms with van der Waals surface area (Å²) in [6, 6.07) is 2.84. The lowest BCUT2D eigenvalue weighted by Crippen LogP contribution is -2.30. The number of nitrogens with zero attached hydrogens (tertiary/aromatic N) is 4. The SMILES string of the molecule is Cc1cc(C)nc(NC2CCN(c3c(F)cc4c(=O)c(C(=O)O)cn5c4c3OC[C@@H]5C)C2)n1. The monoisotopic (exact) mass is 453 g/mol. The number of carbonyl (C=O) groups is 1. The molecule has 5 rings (SSSR count). The van der Waals surface area contributed by atoms with E-state index in [2.05, 4.69) is 15.3 Å². The lowest BCUT2D eigenvalue weighted by atomic mass is 10.1. The normalized spacial score (nSPS) is 19.6. The fourth-order valence-electron chi connectivity index (χ4n) is 4.71. The van der Waals surface area contributed by atoms with E-state index in [1.54, 1.807) is 4.57 Å². The van der Waals surface area contributed by atoms with Crippen LogP contribution in [0.5, 0.6) is 5.75 Å². The lowest BCUT2D eigenvalue weighted by molar-refractivity contribution is 0.0694. The van der Waals surface area contributed by atoms with E-state index >= 15 is 4.39 Å². The highest BCUT2D eigenvalue weighted by Gasteiger charge is 2.33. The van der Waals surface area contributed by atoms with E-state index in [0.29, 0.717) is 24.6 Å². The molecule has 2 aromatic heterocycles. The molecule has 0 spiro atoms. The van der Waals surface area contributed by atoms with Crippen LogP contribution in [0.25, 0.3) is 10.9 Å². The van der Waals surface area contributed by atoms with Crippen LogP contribution in [-0.2, 0) is 0 Å². The van der Waals surface area contributed by atoms with Crippen LogP contribution >= 0.6 is 0 Å². The Balaban J connectivity index is 1.54. The summed E-state index contributed by atoms with van der Waals surface area (Å²) in [5, 5.41) is 12.8. The summed E-state index contributed by atoms with van der Waals surface area (Å²) in [6.07, 6.45) is 2.07. The van der Waals surface area contributed by atoms with Crippen molar-refractivity contribution < 1.29 is 19.0 Å². The van der Waals surface area contributed by atoms with E-state index in [0.717, 1.165) is 23.9 Å². The fourth-order valence-corrected chi connectivity index (χ4v) is 4.71. The van der Waals surface area contributed by atoms with E-state index in [4.69, 9.17) is 4.74 Å². The number of benzene rings is 1. The molecule has 10 heteroatoms. The summed E-state index contributed by atoms with van der Waals surface area (Å²) in [5.41, 5.74) is 1.35. The van der Waals surface area contributed by atoms with Crippen molar-refractivity contribution in [1.82, 2.24) is 14.5 Å². The maximum absolute atomic E-state index is 15.4. The summed E-state index contributed by atoms with van der Waals surface area (Å²) in [7, 11) is 0. The zero-order chi connectivity index (χ0) is 23.4. The Hall–Kier alpha value is -3.69. The molecule has 9 nitrogen and oxygen atoms in total. The highest BCUT2D eigenvalue weighted by molar-refractivity contribution is 5.97. The third-order valence-corrected chi connectivity index (χ3v) is 6.19. The highest BCUT2D eigenvalue weighted by Crippen LogP contribution is 2.42. The molecule has 2 aliphatic rings. The number of hydrogen-bond acceptors (Lipinski definition) is 7. The van der Waals surface area contributed by atoms with Gasteiger partial charge in [0.05, 0.1) is 16.9 Å². The van der Waals surface area contributed by atoms with Gasteiger partial charge in [0.2, 0.25) is 11.4 Å². The molecule has 1 fully saturated rings. The molecule has 0 bridgehead atoms. The number of aryl methyl sites for hydroxylation is 2. The maximum atomic E-state index is 15.4. The molecular formula is C23H24FN5O4. The lowest BCUT2D eigenvalue weighted by Gasteiger charge is -2.31. The predicted molar refractivity (Wildman–Crippen MR) is 121 cm³/mol. The minimum absolute atomic E-state index is 0.00703. The summed E-state index contributed by atoms with van der Waals surface area (Å²) in [5.74, 6) is -1.13. The van der Waals surface area contributed by atoms with Crippen molar-refractivity contribution in [1.29, 1.82) is 0 Å². The first-order chi connectivity index (χ1) is 15.7. The standard InChI is InChI=1S/C23H24FN5O4/c1-11-6-12(2)26-23(25-11)27-14-4-5-28(8-14)19-17(24)7-15-18-21(19)33-10-13(3)29(18)9-16(20(15)30)22(31)32/h6-7,9,13-14H,4-5,8,10H2,1-3H3,(H,31,32)(H,25,26,27)/t13-,14?/m0/s1. The van der Waals surface area contributed by atoms with Crippen LogP contribution in [0.15, 0.2) is 23.1 Å². The van der Waals surface area contributed by atoms with Crippen molar-refractivity contribution in [3.8, 4) is 5.75 Å². The average molecular weight is 453 g/mol. The van der Waals surface area contributed by atoms with Crippen molar-refractivity contribution in [3.05, 3.63) is 51.3 Å². The number of nitrogens with one attached hydrogen (secondary N) is 1. The largest absolute Gasteiger partial charge is 0.487 e. The van der Waals surface area contributed by atoms with Crippen LogP contribution in [0.2, 0.25) is 0 Å². The first-order valence-corrected chi connectivity index (χ1v) is 10.8. The number of pyridine rings is 1. The van der Waals surface area contributed by atoms with Gasteiger partial charge < -0.3 is 24.6 Å². The minimum atomic E-state index is -1.34. The van der Waals surface area contributed by atoms with Gasteiger partial charge in [-0.1, -0.05) is 0 Å². The molecule has 2 aliphatic heterocycles. The number of hydrogen-bond donors (Lipinski definition) is 2. The quantitative estimate of drug-likeness (QED) is 0.621. The second-order valence-corrected chi connectivity index (χ2v) is 8.73. The van der Waals surface area contributed by atoms with Crippen molar-refractivity contribution in [2.75, 3.05) is 29.9 Å². The molecule has 0 radical (unpaired) electrons. The molecule has 3 aromatic rings. The summed E-state index contributed by atoms with van der Waals surface area (Å²) >= 11 is 0. The molecule has 1 unspecified atom stereocenters. The number of ether oxygens (including phenoxy) is 1. The zero-order valence-electron chi connectivity index (χ0n) is 18.6. The third kappa shape index (κ3) is 3.55. The van der Waals surface area contributed by atoms with E-state index in [1.165, 1.54) is 6.20 Å². The highest BCUT2D eigenvalue weighted by atomic mass is 19.1. The summed E-state index contributed by atoms with van der Waals surface area (Å²) in [6.45, 7) is 7.00. The van der Waals surface area contributed by atoms with Crippen molar-refractivity contribution in [2.45, 2.75) is 39.3 Å². The van der Waals surface area contributed by atoms with Crippen LogP contribution < -0.4 is 20.4 Å². The van der Waals surface area contributed by atoms with Gasteiger partial charge in [0.15, 0.2) is 11.6 Å². The van der Waals surface area contributed by atoms with Crippen LogP contribution in [-0.4, -0.2) is 51.3 Å². The molecule has 0 aliphatic carbocycles. The zero-order valence-corrected chi connectivity index (χ0v) is 18.6. The smallest absolute Gasteiger partial charge is 0.341 e. The number of aromatic nitrogens is 3. The molecule has 1 saturated heterocycles. The van der Waals surface area contributed by atoms with Gasteiger partial charge in [-0.2, -0.15) is 0 Å². The van der Waals surface area contributed by atoms with Gasteiger partial charge in [-0.15, -0.1) is 0 Å². The molecule has 1 aromatic carbocycles. The van der Waals surface area contributed by atoms with Gasteiger partial charge in [-0.25, -0.2) is 19.2 Å². The molecule has 2 N–H and O–H groups in total. The van der Waals surface area contributed by atoms with Crippen molar-refractivity contribution in [2.24, 2.45) is 0 Å². The molecule has 0 saturated carbocycles. The molecule has 172 valence electrons. The Morgan fingerprint density at radius 3 is 2.70 bits per heavy atom. The molecular weight excluding hydrogens is 429 g/mol. The topological polar surface area (TPSA) is 110 Å². The Morgan fingerprint density at radius 1 is 1.27 bits per heavy atom. The maximum Gasteiger partial charge on any atom is 0.341 e. The van der Waals surface area contributed by atoms with Gasteiger partial charge in [-0.05, 0) is 39.3 Å². The van der Waals surface area contributed by atoms with Crippen LogP contribution in [0.3, 0.4) is 0 Å². The van der Waals surface area contributed by atoms with Crippen molar-refractivity contribution in [3.63, 3.8) is 0 Å². The first kappa shape index (κ1) is 21.2. The molecule has 4 heterocycles. The number of carboxylic acids is 1. The van der Waals surface area contributed by atoms with Gasteiger partial charge >= 0.3 is 5.97 Å². The van der Waals surface area contributed by atoms with Gasteiger partial charge in [-0.3, -0.25) is 4.79 Å². The van der Waals surface area contributed by atoms with E-state index < -0.39 is 17.2 Å². The average Bonchev–Trinajstić information content (AvgIpc) is 3.18. The number of carboxylic acid groups (broad SMARTS) is 1.